The Bertz CT molecular complexity index is 968. The lowest BCUT2D eigenvalue weighted by atomic mass is 9.86. The summed E-state index contributed by atoms with van der Waals surface area (Å²) >= 11 is 0. The van der Waals surface area contributed by atoms with Crippen LogP contribution in [0.15, 0.2) is 73.1 Å². The first kappa shape index (κ1) is 17.7. The number of rotatable bonds is 3. The predicted molar refractivity (Wildman–Crippen MR) is 109 cm³/mol. The van der Waals surface area contributed by atoms with Crippen molar-refractivity contribution in [3.8, 4) is 17.2 Å². The summed E-state index contributed by atoms with van der Waals surface area (Å²) in [6, 6.07) is 19.4. The molecule has 0 unspecified atom stereocenters. The minimum absolute atomic E-state index is 0.109. The van der Waals surface area contributed by atoms with Crippen molar-refractivity contribution in [2.75, 3.05) is 13.1 Å². The van der Waals surface area contributed by atoms with E-state index in [2.05, 4.69) is 4.98 Å². The number of amides is 1. The molecule has 0 saturated carbocycles. The number of nitrogens with zero attached hydrogens (tertiary/aromatic N) is 2. The molecule has 2 aromatic carbocycles. The SMILES string of the molecule is O=C(C1c2ccccc2Oc2ccccc21)N1CCC(Oc2cccnc2)CC1. The lowest BCUT2D eigenvalue weighted by Crippen LogP contribution is -2.44. The van der Waals surface area contributed by atoms with E-state index in [1.807, 2.05) is 65.6 Å². The largest absolute Gasteiger partial charge is 0.489 e. The van der Waals surface area contributed by atoms with Crippen LogP contribution in [0.25, 0.3) is 0 Å². The van der Waals surface area contributed by atoms with Crippen molar-refractivity contribution < 1.29 is 14.3 Å². The van der Waals surface area contributed by atoms with Crippen LogP contribution in [0, 0.1) is 0 Å². The maximum Gasteiger partial charge on any atom is 0.234 e. The van der Waals surface area contributed by atoms with Crippen molar-refractivity contribution in [3.63, 3.8) is 0 Å². The number of fused-ring (bicyclic) bond motifs is 2. The van der Waals surface area contributed by atoms with Crippen molar-refractivity contribution in [2.24, 2.45) is 0 Å². The van der Waals surface area contributed by atoms with Gasteiger partial charge in [0.15, 0.2) is 0 Å². The van der Waals surface area contributed by atoms with E-state index in [-0.39, 0.29) is 17.9 Å². The molecule has 146 valence electrons. The van der Waals surface area contributed by atoms with E-state index in [0.717, 1.165) is 41.2 Å². The van der Waals surface area contributed by atoms with Gasteiger partial charge in [0.05, 0.1) is 12.1 Å². The van der Waals surface area contributed by atoms with Crippen molar-refractivity contribution >= 4 is 5.91 Å². The minimum Gasteiger partial charge on any atom is -0.489 e. The second-order valence-electron chi connectivity index (χ2n) is 7.44. The summed E-state index contributed by atoms with van der Waals surface area (Å²) < 4.78 is 12.1. The molecule has 2 aliphatic heterocycles. The van der Waals surface area contributed by atoms with Gasteiger partial charge >= 0.3 is 0 Å². The normalized spacial score (nSPS) is 16.5. The zero-order valence-corrected chi connectivity index (χ0v) is 16.0. The Morgan fingerprint density at radius 1 is 0.931 bits per heavy atom. The molecule has 0 radical (unpaired) electrons. The van der Waals surface area contributed by atoms with Crippen LogP contribution >= 0.6 is 0 Å². The van der Waals surface area contributed by atoms with Gasteiger partial charge < -0.3 is 14.4 Å². The highest BCUT2D eigenvalue weighted by molar-refractivity contribution is 5.89. The number of ether oxygens (including phenoxy) is 2. The Hall–Kier alpha value is -3.34. The highest BCUT2D eigenvalue weighted by Gasteiger charge is 2.36. The topological polar surface area (TPSA) is 51.7 Å². The van der Waals surface area contributed by atoms with Crippen LogP contribution in [-0.2, 0) is 4.79 Å². The molecular formula is C24H22N2O3. The van der Waals surface area contributed by atoms with E-state index in [4.69, 9.17) is 9.47 Å². The molecule has 0 spiro atoms. The van der Waals surface area contributed by atoms with Gasteiger partial charge in [0.1, 0.15) is 23.4 Å². The van der Waals surface area contributed by atoms with E-state index in [0.29, 0.717) is 13.1 Å². The molecule has 5 rings (SSSR count). The van der Waals surface area contributed by atoms with Gasteiger partial charge in [0.25, 0.3) is 0 Å². The molecule has 5 nitrogen and oxygen atoms in total. The van der Waals surface area contributed by atoms with Crippen molar-refractivity contribution in [3.05, 3.63) is 84.2 Å². The molecule has 0 bridgehead atoms. The lowest BCUT2D eigenvalue weighted by molar-refractivity contribution is -0.133. The molecule has 1 fully saturated rings. The fraction of sp³-hybridized carbons (Fsp3) is 0.250. The second-order valence-corrected chi connectivity index (χ2v) is 7.44. The van der Waals surface area contributed by atoms with Crippen LogP contribution in [0.5, 0.6) is 17.2 Å². The van der Waals surface area contributed by atoms with E-state index in [1.165, 1.54) is 0 Å². The molecule has 29 heavy (non-hydrogen) atoms. The highest BCUT2D eigenvalue weighted by Crippen LogP contribution is 2.44. The fourth-order valence-electron chi connectivity index (χ4n) is 4.16. The summed E-state index contributed by atoms with van der Waals surface area (Å²) in [5.74, 6) is 2.11. The van der Waals surface area contributed by atoms with Crippen molar-refractivity contribution in [1.82, 2.24) is 9.88 Å². The molecule has 1 aromatic heterocycles. The molecule has 5 heteroatoms. The van der Waals surface area contributed by atoms with E-state index in [9.17, 15) is 4.79 Å². The van der Waals surface area contributed by atoms with Crippen molar-refractivity contribution in [2.45, 2.75) is 24.9 Å². The van der Waals surface area contributed by atoms with Gasteiger partial charge in [-0.25, -0.2) is 0 Å². The number of likely N-dealkylation sites (tertiary alicyclic amines) is 1. The van der Waals surface area contributed by atoms with Crippen LogP contribution in [-0.4, -0.2) is 35.0 Å². The third kappa shape index (κ3) is 3.44. The van der Waals surface area contributed by atoms with E-state index >= 15 is 0 Å². The number of carbonyl (C=O) groups is 1. The average Bonchev–Trinajstić information content (AvgIpc) is 2.78. The molecule has 3 aromatic rings. The number of piperidine rings is 1. The molecule has 1 saturated heterocycles. The smallest absolute Gasteiger partial charge is 0.234 e. The summed E-state index contributed by atoms with van der Waals surface area (Å²) in [5, 5.41) is 0. The number of pyridine rings is 1. The summed E-state index contributed by atoms with van der Waals surface area (Å²) in [7, 11) is 0. The molecule has 0 aliphatic carbocycles. The number of aromatic nitrogens is 1. The number of benzene rings is 2. The van der Waals surface area contributed by atoms with Gasteiger partial charge in [-0.05, 0) is 24.3 Å². The first-order valence-electron chi connectivity index (χ1n) is 10.0. The Morgan fingerprint density at radius 3 is 2.21 bits per heavy atom. The molecular weight excluding hydrogens is 364 g/mol. The maximum atomic E-state index is 13.6. The van der Waals surface area contributed by atoms with Gasteiger partial charge in [-0.3, -0.25) is 9.78 Å². The molecule has 1 amide bonds. The average molecular weight is 386 g/mol. The number of hydrogen-bond donors (Lipinski definition) is 0. The first-order chi connectivity index (χ1) is 14.3. The quantitative estimate of drug-likeness (QED) is 0.670. The van der Waals surface area contributed by atoms with E-state index in [1.54, 1.807) is 12.4 Å². The zero-order chi connectivity index (χ0) is 19.6. The lowest BCUT2D eigenvalue weighted by Gasteiger charge is -2.36. The Labute approximate surface area is 169 Å². The molecule has 3 heterocycles. The fourth-order valence-corrected chi connectivity index (χ4v) is 4.16. The minimum atomic E-state index is -0.327. The first-order valence-corrected chi connectivity index (χ1v) is 10.0. The van der Waals surface area contributed by atoms with Crippen molar-refractivity contribution in [1.29, 1.82) is 0 Å². The summed E-state index contributed by atoms with van der Waals surface area (Å²) in [6.45, 7) is 1.37. The Kier molecular flexibility index (Phi) is 4.64. The van der Waals surface area contributed by atoms with Gasteiger partial charge in [-0.15, -0.1) is 0 Å². The van der Waals surface area contributed by atoms with Crippen LogP contribution in [0.2, 0.25) is 0 Å². The van der Waals surface area contributed by atoms with Crippen LogP contribution in [0.4, 0.5) is 0 Å². The molecule has 0 N–H and O–H groups in total. The monoisotopic (exact) mass is 386 g/mol. The second kappa shape index (κ2) is 7.59. The van der Waals surface area contributed by atoms with Gasteiger partial charge in [-0.1, -0.05) is 36.4 Å². The Balaban J connectivity index is 1.34. The maximum absolute atomic E-state index is 13.6. The highest BCUT2D eigenvalue weighted by atomic mass is 16.5. The zero-order valence-electron chi connectivity index (χ0n) is 16.0. The number of hydrogen-bond acceptors (Lipinski definition) is 4. The number of para-hydroxylation sites is 2. The van der Waals surface area contributed by atoms with Crippen LogP contribution in [0.3, 0.4) is 0 Å². The molecule has 0 atom stereocenters. The third-order valence-electron chi connectivity index (χ3n) is 5.62. The summed E-state index contributed by atoms with van der Waals surface area (Å²) in [5.41, 5.74) is 1.87. The Morgan fingerprint density at radius 2 is 1.59 bits per heavy atom. The molecule has 2 aliphatic rings. The summed E-state index contributed by atoms with van der Waals surface area (Å²) in [6.07, 6.45) is 5.20. The predicted octanol–water partition coefficient (Wildman–Crippen LogP) is 4.39. The van der Waals surface area contributed by atoms with Crippen LogP contribution in [0.1, 0.15) is 29.9 Å². The van der Waals surface area contributed by atoms with E-state index < -0.39 is 0 Å². The third-order valence-corrected chi connectivity index (χ3v) is 5.62. The summed E-state index contributed by atoms with van der Waals surface area (Å²) in [4.78, 5) is 19.6. The van der Waals surface area contributed by atoms with Gasteiger partial charge in [0, 0.05) is 43.3 Å². The van der Waals surface area contributed by atoms with Gasteiger partial charge in [0.2, 0.25) is 5.91 Å². The standard InChI is InChI=1S/C24H22N2O3/c27-24(26-14-11-17(12-15-26)28-18-6-5-13-25-16-18)23-19-7-1-3-9-21(19)29-22-10-4-2-8-20(22)23/h1-10,13,16-17,23H,11-12,14-15H2. The number of carbonyl (C=O) groups excluding carboxylic acids is 1. The van der Waals surface area contributed by atoms with Gasteiger partial charge in [-0.2, -0.15) is 0 Å². The van der Waals surface area contributed by atoms with Crippen LogP contribution < -0.4 is 9.47 Å².